The molecule has 0 spiro atoms. The van der Waals surface area contributed by atoms with Gasteiger partial charge in [-0.25, -0.2) is 4.98 Å². The van der Waals surface area contributed by atoms with Gasteiger partial charge in [0.15, 0.2) is 0 Å². The topological polar surface area (TPSA) is 41.9 Å². The van der Waals surface area contributed by atoms with Gasteiger partial charge in [0.1, 0.15) is 5.52 Å². The second-order valence-corrected chi connectivity index (χ2v) is 6.42. The van der Waals surface area contributed by atoms with E-state index in [1.54, 1.807) is 17.5 Å². The molecule has 0 atom stereocenters. The number of halogens is 1. The standard InChI is InChI=1S/C14H13BrN4S/c1-9-13(20-8-18-9)7-19(2)12-3-4-16-11-5-10(15)6-17-14(11)12/h3-6,8H,7H2,1-2H3. The van der Waals surface area contributed by atoms with Crippen LogP contribution in [0.1, 0.15) is 10.6 Å². The number of thiazole rings is 1. The van der Waals surface area contributed by atoms with E-state index in [0.717, 1.165) is 33.4 Å². The Morgan fingerprint density at radius 1 is 1.30 bits per heavy atom. The van der Waals surface area contributed by atoms with Crippen LogP contribution in [0.5, 0.6) is 0 Å². The minimum absolute atomic E-state index is 0.827. The van der Waals surface area contributed by atoms with Crippen molar-refractivity contribution in [1.82, 2.24) is 15.0 Å². The highest BCUT2D eigenvalue weighted by molar-refractivity contribution is 9.10. The van der Waals surface area contributed by atoms with E-state index < -0.39 is 0 Å². The molecule has 0 aliphatic heterocycles. The highest BCUT2D eigenvalue weighted by Gasteiger charge is 2.11. The Labute approximate surface area is 129 Å². The number of rotatable bonds is 3. The van der Waals surface area contributed by atoms with E-state index in [0.29, 0.717) is 0 Å². The molecular weight excluding hydrogens is 336 g/mol. The van der Waals surface area contributed by atoms with Gasteiger partial charge in [-0.1, -0.05) is 0 Å². The lowest BCUT2D eigenvalue weighted by Gasteiger charge is -2.19. The molecule has 0 saturated carbocycles. The first-order valence-corrected chi connectivity index (χ1v) is 7.83. The van der Waals surface area contributed by atoms with Crippen LogP contribution >= 0.6 is 27.3 Å². The minimum Gasteiger partial charge on any atom is -0.368 e. The maximum absolute atomic E-state index is 4.49. The van der Waals surface area contributed by atoms with Crippen LogP contribution in [0.2, 0.25) is 0 Å². The zero-order valence-electron chi connectivity index (χ0n) is 11.2. The molecule has 3 aromatic rings. The summed E-state index contributed by atoms with van der Waals surface area (Å²) in [6.07, 6.45) is 3.63. The number of hydrogen-bond donors (Lipinski definition) is 0. The van der Waals surface area contributed by atoms with Gasteiger partial charge in [-0.15, -0.1) is 11.3 Å². The molecule has 0 saturated heterocycles. The molecule has 3 aromatic heterocycles. The van der Waals surface area contributed by atoms with Gasteiger partial charge in [-0.3, -0.25) is 9.97 Å². The van der Waals surface area contributed by atoms with E-state index in [9.17, 15) is 0 Å². The molecule has 0 bridgehead atoms. The van der Waals surface area contributed by atoms with E-state index in [2.05, 4.69) is 42.8 Å². The highest BCUT2D eigenvalue weighted by Crippen LogP contribution is 2.26. The third-order valence-corrected chi connectivity index (χ3v) is 4.51. The first-order chi connectivity index (χ1) is 9.65. The monoisotopic (exact) mass is 348 g/mol. The first kappa shape index (κ1) is 13.5. The quantitative estimate of drug-likeness (QED) is 0.721. The number of anilines is 1. The molecule has 0 radical (unpaired) electrons. The fourth-order valence-corrected chi connectivity index (χ4v) is 3.23. The number of hydrogen-bond acceptors (Lipinski definition) is 5. The van der Waals surface area contributed by atoms with Crippen LogP contribution < -0.4 is 4.90 Å². The summed E-state index contributed by atoms with van der Waals surface area (Å²) in [4.78, 5) is 16.6. The Bertz CT molecular complexity index is 756. The molecular formula is C14H13BrN4S. The third-order valence-electron chi connectivity index (χ3n) is 3.16. The molecule has 0 fully saturated rings. The Balaban J connectivity index is 1.99. The molecule has 0 aliphatic rings. The zero-order valence-corrected chi connectivity index (χ0v) is 13.6. The van der Waals surface area contributed by atoms with Gasteiger partial charge in [0.05, 0.1) is 29.0 Å². The van der Waals surface area contributed by atoms with Gasteiger partial charge in [0.2, 0.25) is 0 Å². The smallest absolute Gasteiger partial charge is 0.112 e. The molecule has 0 amide bonds. The summed E-state index contributed by atoms with van der Waals surface area (Å²) >= 11 is 5.11. The third kappa shape index (κ3) is 2.53. The summed E-state index contributed by atoms with van der Waals surface area (Å²) in [5.41, 5.74) is 5.87. The first-order valence-electron chi connectivity index (χ1n) is 6.15. The molecule has 4 nitrogen and oxygen atoms in total. The van der Waals surface area contributed by atoms with E-state index in [1.807, 2.05) is 30.8 Å². The maximum Gasteiger partial charge on any atom is 0.112 e. The van der Waals surface area contributed by atoms with Crippen molar-refractivity contribution in [2.24, 2.45) is 0 Å². The average Bonchev–Trinajstić information content (AvgIpc) is 2.83. The normalized spacial score (nSPS) is 10.9. The van der Waals surface area contributed by atoms with Gasteiger partial charge < -0.3 is 4.90 Å². The average molecular weight is 349 g/mol. The number of nitrogens with zero attached hydrogens (tertiary/aromatic N) is 4. The van der Waals surface area contributed by atoms with Gasteiger partial charge in [-0.05, 0) is 35.0 Å². The van der Waals surface area contributed by atoms with Crippen LogP contribution in [0.3, 0.4) is 0 Å². The number of aryl methyl sites for hydroxylation is 1. The lowest BCUT2D eigenvalue weighted by Crippen LogP contribution is -2.17. The zero-order chi connectivity index (χ0) is 14.1. The lowest BCUT2D eigenvalue weighted by atomic mass is 10.2. The Morgan fingerprint density at radius 3 is 2.90 bits per heavy atom. The fourth-order valence-electron chi connectivity index (χ4n) is 2.08. The second-order valence-electron chi connectivity index (χ2n) is 4.57. The maximum atomic E-state index is 4.49. The molecule has 3 heterocycles. The van der Waals surface area contributed by atoms with E-state index >= 15 is 0 Å². The summed E-state index contributed by atoms with van der Waals surface area (Å²) < 4.78 is 0.940. The summed E-state index contributed by atoms with van der Waals surface area (Å²) in [5, 5.41) is 0. The number of fused-ring (bicyclic) bond motifs is 1. The van der Waals surface area contributed by atoms with E-state index in [1.165, 1.54) is 4.88 Å². The second kappa shape index (κ2) is 5.46. The van der Waals surface area contributed by atoms with Crippen molar-refractivity contribution in [2.75, 3.05) is 11.9 Å². The fraction of sp³-hybridized carbons (Fsp3) is 0.214. The van der Waals surface area contributed by atoms with Crippen LogP contribution in [0, 0.1) is 6.92 Å². The van der Waals surface area contributed by atoms with Gasteiger partial charge in [-0.2, -0.15) is 0 Å². The van der Waals surface area contributed by atoms with Crippen molar-refractivity contribution in [2.45, 2.75) is 13.5 Å². The van der Waals surface area contributed by atoms with Gasteiger partial charge >= 0.3 is 0 Å². The molecule has 0 aliphatic carbocycles. The predicted octanol–water partition coefficient (Wildman–Crippen LogP) is 3.79. The van der Waals surface area contributed by atoms with Crippen molar-refractivity contribution in [3.05, 3.63) is 45.1 Å². The van der Waals surface area contributed by atoms with Gasteiger partial charge in [0, 0.05) is 28.8 Å². The highest BCUT2D eigenvalue weighted by atomic mass is 79.9. The summed E-state index contributed by atoms with van der Waals surface area (Å²) in [6.45, 7) is 2.87. The van der Waals surface area contributed by atoms with Crippen LogP contribution in [0.15, 0.2) is 34.5 Å². The summed E-state index contributed by atoms with van der Waals surface area (Å²) in [5.74, 6) is 0. The summed E-state index contributed by atoms with van der Waals surface area (Å²) in [7, 11) is 2.07. The molecule has 0 N–H and O–H groups in total. The van der Waals surface area contributed by atoms with Crippen molar-refractivity contribution < 1.29 is 0 Å². The molecule has 20 heavy (non-hydrogen) atoms. The number of pyridine rings is 2. The van der Waals surface area contributed by atoms with Crippen LogP contribution in [-0.2, 0) is 6.54 Å². The Kier molecular flexibility index (Phi) is 3.67. The van der Waals surface area contributed by atoms with Crippen LogP contribution in [0.4, 0.5) is 5.69 Å². The predicted molar refractivity (Wildman–Crippen MR) is 86.2 cm³/mol. The van der Waals surface area contributed by atoms with Crippen molar-refractivity contribution >= 4 is 44.0 Å². The Morgan fingerprint density at radius 2 is 2.15 bits per heavy atom. The van der Waals surface area contributed by atoms with Crippen molar-refractivity contribution in [3.63, 3.8) is 0 Å². The Hall–Kier alpha value is -1.53. The molecule has 0 unspecified atom stereocenters. The van der Waals surface area contributed by atoms with E-state index in [-0.39, 0.29) is 0 Å². The number of aromatic nitrogens is 3. The summed E-state index contributed by atoms with van der Waals surface area (Å²) in [6, 6.07) is 3.98. The van der Waals surface area contributed by atoms with Crippen LogP contribution in [0.25, 0.3) is 11.0 Å². The lowest BCUT2D eigenvalue weighted by molar-refractivity contribution is 0.927. The molecule has 102 valence electrons. The van der Waals surface area contributed by atoms with Crippen molar-refractivity contribution in [3.8, 4) is 0 Å². The molecule has 3 rings (SSSR count). The van der Waals surface area contributed by atoms with Crippen LogP contribution in [-0.4, -0.2) is 22.0 Å². The minimum atomic E-state index is 0.827. The van der Waals surface area contributed by atoms with Gasteiger partial charge in [0.25, 0.3) is 0 Å². The van der Waals surface area contributed by atoms with Crippen molar-refractivity contribution in [1.29, 1.82) is 0 Å². The molecule has 6 heteroatoms. The largest absolute Gasteiger partial charge is 0.368 e. The molecule has 0 aromatic carbocycles. The SMILES string of the molecule is Cc1ncsc1CN(C)c1ccnc2cc(Br)cnc12. The van der Waals surface area contributed by atoms with E-state index in [4.69, 9.17) is 0 Å².